The first-order valence-electron chi connectivity index (χ1n) is 7.63. The molecule has 2 N–H and O–H groups in total. The van der Waals surface area contributed by atoms with Gasteiger partial charge in [0.05, 0.1) is 24.7 Å². The van der Waals surface area contributed by atoms with E-state index in [1.165, 1.54) is 0 Å². The maximum atomic E-state index is 11.7. The third-order valence-electron chi connectivity index (χ3n) is 4.87. The van der Waals surface area contributed by atoms with Gasteiger partial charge in [-0.25, -0.2) is 0 Å². The fourth-order valence-electron chi connectivity index (χ4n) is 3.99. The zero-order chi connectivity index (χ0) is 13.9. The highest BCUT2D eigenvalue weighted by molar-refractivity contribution is 5.70. The average Bonchev–Trinajstić information content (AvgIpc) is 2.71. The van der Waals surface area contributed by atoms with Crippen molar-refractivity contribution in [3.8, 4) is 0 Å². The summed E-state index contributed by atoms with van der Waals surface area (Å²) >= 11 is 0. The van der Waals surface area contributed by atoms with Gasteiger partial charge in [0, 0.05) is 0 Å². The van der Waals surface area contributed by atoms with Gasteiger partial charge in [0.2, 0.25) is 0 Å². The van der Waals surface area contributed by atoms with Crippen molar-refractivity contribution in [2.24, 2.45) is 11.8 Å². The Labute approximate surface area is 115 Å². The normalized spacial score (nSPS) is 39.2. The van der Waals surface area contributed by atoms with E-state index in [9.17, 15) is 15.0 Å². The van der Waals surface area contributed by atoms with Crippen LogP contribution >= 0.6 is 0 Å². The van der Waals surface area contributed by atoms with Crippen molar-refractivity contribution in [2.45, 2.75) is 70.0 Å². The van der Waals surface area contributed by atoms with Crippen LogP contribution in [-0.4, -0.2) is 34.5 Å². The number of carbonyl (C=O) groups is 1. The molecular formula is C15H26O4. The number of carbonyl (C=O) groups excluding carboxylic acids is 1. The van der Waals surface area contributed by atoms with Crippen LogP contribution in [0.25, 0.3) is 0 Å². The lowest BCUT2D eigenvalue weighted by molar-refractivity contribution is -0.152. The van der Waals surface area contributed by atoms with E-state index < -0.39 is 5.60 Å². The highest BCUT2D eigenvalue weighted by atomic mass is 16.5. The summed E-state index contributed by atoms with van der Waals surface area (Å²) in [6, 6.07) is 0. The molecule has 0 aromatic rings. The van der Waals surface area contributed by atoms with Crippen LogP contribution in [0.2, 0.25) is 0 Å². The molecule has 0 aliphatic heterocycles. The molecule has 110 valence electrons. The van der Waals surface area contributed by atoms with Crippen LogP contribution in [0.1, 0.15) is 58.3 Å². The molecule has 4 atom stereocenters. The summed E-state index contributed by atoms with van der Waals surface area (Å²) in [6.07, 6.45) is 6.25. The van der Waals surface area contributed by atoms with Crippen LogP contribution in [-0.2, 0) is 9.53 Å². The van der Waals surface area contributed by atoms with Gasteiger partial charge in [-0.05, 0) is 44.4 Å². The van der Waals surface area contributed by atoms with Gasteiger partial charge in [-0.15, -0.1) is 0 Å². The number of aliphatic hydroxyl groups excluding tert-OH is 1. The minimum Gasteiger partial charge on any atom is -0.466 e. The van der Waals surface area contributed by atoms with Gasteiger partial charge in [-0.2, -0.15) is 0 Å². The predicted molar refractivity (Wildman–Crippen MR) is 71.5 cm³/mol. The molecule has 0 saturated heterocycles. The molecule has 2 fully saturated rings. The molecule has 0 aromatic carbocycles. The van der Waals surface area contributed by atoms with E-state index in [4.69, 9.17) is 4.74 Å². The van der Waals surface area contributed by atoms with E-state index in [0.717, 1.165) is 38.5 Å². The largest absolute Gasteiger partial charge is 0.466 e. The molecule has 2 saturated carbocycles. The lowest BCUT2D eigenvalue weighted by Crippen LogP contribution is -2.44. The van der Waals surface area contributed by atoms with Crippen LogP contribution in [0.3, 0.4) is 0 Å². The van der Waals surface area contributed by atoms with Gasteiger partial charge in [-0.1, -0.05) is 19.3 Å². The van der Waals surface area contributed by atoms with Crippen molar-refractivity contribution in [3.05, 3.63) is 0 Å². The molecule has 19 heavy (non-hydrogen) atoms. The first-order chi connectivity index (χ1) is 9.07. The quantitative estimate of drug-likeness (QED) is 0.767. The number of ether oxygens (including phenoxy) is 1. The van der Waals surface area contributed by atoms with Crippen LogP contribution in [0.5, 0.6) is 0 Å². The molecule has 0 radical (unpaired) electrons. The van der Waals surface area contributed by atoms with E-state index in [0.29, 0.717) is 13.0 Å². The molecule has 4 heteroatoms. The van der Waals surface area contributed by atoms with E-state index >= 15 is 0 Å². The first kappa shape index (κ1) is 14.8. The molecule has 2 aliphatic carbocycles. The number of hydrogen-bond acceptors (Lipinski definition) is 4. The van der Waals surface area contributed by atoms with Crippen molar-refractivity contribution in [1.29, 1.82) is 0 Å². The second-order valence-corrected chi connectivity index (χ2v) is 6.10. The molecular weight excluding hydrogens is 244 g/mol. The van der Waals surface area contributed by atoms with Gasteiger partial charge in [0.25, 0.3) is 0 Å². The summed E-state index contributed by atoms with van der Waals surface area (Å²) < 4.78 is 4.97. The fourth-order valence-corrected chi connectivity index (χ4v) is 3.99. The fraction of sp³-hybridized carbons (Fsp3) is 0.933. The number of rotatable bonds is 4. The third-order valence-corrected chi connectivity index (χ3v) is 4.87. The van der Waals surface area contributed by atoms with E-state index in [-0.39, 0.29) is 30.3 Å². The maximum absolute atomic E-state index is 11.7. The SMILES string of the molecule is CCOC(=O)C[C@]1(O)CCC[C@H]1[C@H]1CCCC[C@@H]1O. The number of aliphatic hydroxyl groups is 2. The van der Waals surface area contributed by atoms with Gasteiger partial charge >= 0.3 is 5.97 Å². The zero-order valence-corrected chi connectivity index (χ0v) is 11.8. The molecule has 4 nitrogen and oxygen atoms in total. The monoisotopic (exact) mass is 270 g/mol. The predicted octanol–water partition coefficient (Wildman–Crippen LogP) is 2.02. The van der Waals surface area contributed by atoms with E-state index in [1.807, 2.05) is 0 Å². The average molecular weight is 270 g/mol. The van der Waals surface area contributed by atoms with Crippen LogP contribution in [0, 0.1) is 11.8 Å². The lowest BCUT2D eigenvalue weighted by atomic mass is 9.71. The first-order valence-corrected chi connectivity index (χ1v) is 7.63. The van der Waals surface area contributed by atoms with Crippen molar-refractivity contribution in [3.63, 3.8) is 0 Å². The maximum Gasteiger partial charge on any atom is 0.308 e. The number of hydrogen-bond donors (Lipinski definition) is 2. The Morgan fingerprint density at radius 3 is 2.68 bits per heavy atom. The zero-order valence-electron chi connectivity index (χ0n) is 11.8. The summed E-state index contributed by atoms with van der Waals surface area (Å²) in [7, 11) is 0. The van der Waals surface area contributed by atoms with Gasteiger partial charge in [0.1, 0.15) is 0 Å². The van der Waals surface area contributed by atoms with Crippen molar-refractivity contribution >= 4 is 5.97 Å². The highest BCUT2D eigenvalue weighted by Crippen LogP contribution is 2.47. The Morgan fingerprint density at radius 1 is 1.26 bits per heavy atom. The summed E-state index contributed by atoms with van der Waals surface area (Å²) in [5.74, 6) is -0.120. The summed E-state index contributed by atoms with van der Waals surface area (Å²) in [4.78, 5) is 11.7. The molecule has 0 heterocycles. The second-order valence-electron chi connectivity index (χ2n) is 6.10. The van der Waals surface area contributed by atoms with Crippen LogP contribution < -0.4 is 0 Å². The topological polar surface area (TPSA) is 66.8 Å². The van der Waals surface area contributed by atoms with Crippen molar-refractivity contribution in [1.82, 2.24) is 0 Å². The smallest absolute Gasteiger partial charge is 0.308 e. The Bertz CT molecular complexity index is 317. The number of esters is 1. The van der Waals surface area contributed by atoms with Crippen LogP contribution in [0.15, 0.2) is 0 Å². The summed E-state index contributed by atoms with van der Waals surface area (Å²) in [5.41, 5.74) is -0.963. The Kier molecular flexibility index (Phi) is 4.85. The Hall–Kier alpha value is -0.610. The molecule has 0 bridgehead atoms. The summed E-state index contributed by atoms with van der Waals surface area (Å²) in [5, 5.41) is 21.0. The van der Waals surface area contributed by atoms with Crippen molar-refractivity contribution < 1.29 is 19.7 Å². The van der Waals surface area contributed by atoms with Gasteiger partial charge < -0.3 is 14.9 Å². The Morgan fingerprint density at radius 2 is 2.00 bits per heavy atom. The van der Waals surface area contributed by atoms with Crippen molar-refractivity contribution in [2.75, 3.05) is 6.61 Å². The standard InChI is InChI=1S/C15H26O4/c1-2-19-14(17)10-15(18)9-5-7-12(15)11-6-3-4-8-13(11)16/h11-13,16,18H,2-10H2,1H3/t11-,12+,13+,15-/m1/s1. The highest BCUT2D eigenvalue weighted by Gasteiger charge is 2.48. The van der Waals surface area contributed by atoms with E-state index in [1.54, 1.807) is 6.92 Å². The molecule has 0 unspecified atom stereocenters. The molecule has 2 aliphatic rings. The second kappa shape index (κ2) is 6.23. The van der Waals surface area contributed by atoms with Gasteiger partial charge in [0.15, 0.2) is 0 Å². The molecule has 0 aromatic heterocycles. The van der Waals surface area contributed by atoms with Crippen LogP contribution in [0.4, 0.5) is 0 Å². The molecule has 0 amide bonds. The minimum atomic E-state index is -0.963. The Balaban J connectivity index is 2.04. The summed E-state index contributed by atoms with van der Waals surface area (Å²) in [6.45, 7) is 2.13. The lowest BCUT2D eigenvalue weighted by Gasteiger charge is -2.39. The van der Waals surface area contributed by atoms with Gasteiger partial charge in [-0.3, -0.25) is 4.79 Å². The van der Waals surface area contributed by atoms with E-state index in [2.05, 4.69) is 0 Å². The third kappa shape index (κ3) is 3.29. The minimum absolute atomic E-state index is 0.0483. The molecule has 2 rings (SSSR count). The molecule has 0 spiro atoms.